The fraction of sp³-hybridized carbons (Fsp3) is 0.516. The molecule has 2 fully saturated rings. The number of benzene rings is 1. The highest BCUT2D eigenvalue weighted by Gasteiger charge is 2.68. The van der Waals surface area contributed by atoms with Crippen molar-refractivity contribution in [1.82, 2.24) is 9.88 Å². The molecule has 1 aromatic heterocycles. The predicted octanol–water partition coefficient (Wildman–Crippen LogP) is 5.16. The topological polar surface area (TPSA) is 65.8 Å². The Labute approximate surface area is 223 Å². The van der Waals surface area contributed by atoms with Gasteiger partial charge in [-0.3, -0.25) is 0 Å². The van der Waals surface area contributed by atoms with E-state index < -0.39 is 17.8 Å². The van der Waals surface area contributed by atoms with E-state index >= 15 is 0 Å². The molecule has 2 unspecified atom stereocenters. The van der Waals surface area contributed by atoms with E-state index in [0.29, 0.717) is 17.5 Å². The normalized spacial score (nSPS) is 42.2. The van der Waals surface area contributed by atoms with Crippen molar-refractivity contribution in [2.45, 2.75) is 69.0 Å². The number of hydrogen-bond acceptors (Lipinski definition) is 5. The number of aliphatic hydroxyl groups excluding tert-OH is 2. The molecule has 2 N–H and O–H groups in total. The molecule has 2 bridgehead atoms. The zero-order valence-electron chi connectivity index (χ0n) is 21.9. The van der Waals surface area contributed by atoms with E-state index in [2.05, 4.69) is 55.3 Å². The lowest BCUT2D eigenvalue weighted by atomic mass is 9.54. The van der Waals surface area contributed by atoms with Crippen molar-refractivity contribution in [3.63, 3.8) is 0 Å². The monoisotopic (exact) mass is 518 g/mol. The number of ether oxygens (including phenoxy) is 1. The number of rotatable bonds is 2. The number of likely N-dealkylation sites (N-methyl/N-ethyl adjacent to an activating group) is 1. The van der Waals surface area contributed by atoms with Crippen molar-refractivity contribution in [2.24, 2.45) is 17.3 Å². The Morgan fingerprint density at radius 2 is 1.97 bits per heavy atom. The molecule has 6 heteroatoms. The summed E-state index contributed by atoms with van der Waals surface area (Å²) in [6.45, 7) is 4.74. The molecule has 1 saturated carbocycles. The third-order valence-corrected chi connectivity index (χ3v) is 11.0. The average molecular weight is 519 g/mol. The minimum atomic E-state index is -0.905. The molecule has 2 aliphatic heterocycles. The van der Waals surface area contributed by atoms with E-state index in [1.165, 1.54) is 16.7 Å². The Kier molecular flexibility index (Phi) is 5.05. The van der Waals surface area contributed by atoms with Gasteiger partial charge in [-0.15, -0.1) is 0 Å². The van der Waals surface area contributed by atoms with Crippen LogP contribution in [0.25, 0.3) is 16.3 Å². The van der Waals surface area contributed by atoms with Crippen LogP contribution in [0.2, 0.25) is 5.15 Å². The SMILES string of the molecule is CC1C=C2C=C3[C@@H](O)[C@H](O)[C@@H](N(C)C)C[C@]34CC[C@]2(O4)C2CC=C(c3ccc4c(Cl)nccc4c3)[C@@]12C. The van der Waals surface area contributed by atoms with Gasteiger partial charge in [0.15, 0.2) is 0 Å². The van der Waals surface area contributed by atoms with Crippen LogP contribution in [0.4, 0.5) is 0 Å². The highest BCUT2D eigenvalue weighted by atomic mass is 35.5. The molecule has 5 aliphatic rings. The van der Waals surface area contributed by atoms with E-state index in [1.54, 1.807) is 6.20 Å². The first-order chi connectivity index (χ1) is 17.6. The van der Waals surface area contributed by atoms with Crippen LogP contribution in [-0.2, 0) is 4.74 Å². The van der Waals surface area contributed by atoms with Gasteiger partial charge < -0.3 is 19.8 Å². The summed E-state index contributed by atoms with van der Waals surface area (Å²) in [6.07, 6.45) is 10.6. The van der Waals surface area contributed by atoms with Gasteiger partial charge in [0, 0.05) is 29.0 Å². The number of aromatic nitrogens is 1. The molecule has 194 valence electrons. The van der Waals surface area contributed by atoms with Crippen LogP contribution in [0, 0.1) is 17.3 Å². The largest absolute Gasteiger partial charge is 0.388 e. The molecule has 7 rings (SSSR count). The summed E-state index contributed by atoms with van der Waals surface area (Å²) in [5.41, 5.74) is 3.73. The van der Waals surface area contributed by atoms with Crippen molar-refractivity contribution in [1.29, 1.82) is 0 Å². The van der Waals surface area contributed by atoms with E-state index in [4.69, 9.17) is 16.3 Å². The van der Waals surface area contributed by atoms with Crippen LogP contribution < -0.4 is 0 Å². The van der Waals surface area contributed by atoms with Gasteiger partial charge in [0.25, 0.3) is 0 Å². The van der Waals surface area contributed by atoms with Crippen molar-refractivity contribution in [3.8, 4) is 0 Å². The zero-order valence-corrected chi connectivity index (χ0v) is 22.7. The average Bonchev–Trinajstić information content (AvgIpc) is 3.39. The van der Waals surface area contributed by atoms with Crippen molar-refractivity contribution in [3.05, 3.63) is 70.6 Å². The molecule has 2 spiro atoms. The molecular weight excluding hydrogens is 484 g/mol. The number of allylic oxidation sites excluding steroid dienone is 3. The number of pyridine rings is 1. The van der Waals surface area contributed by atoms with Crippen LogP contribution in [-0.4, -0.2) is 63.6 Å². The van der Waals surface area contributed by atoms with Gasteiger partial charge in [0.1, 0.15) is 11.3 Å². The van der Waals surface area contributed by atoms with E-state index in [1.807, 2.05) is 25.1 Å². The summed E-state index contributed by atoms with van der Waals surface area (Å²) < 4.78 is 7.28. The first-order valence-electron chi connectivity index (χ1n) is 13.5. The van der Waals surface area contributed by atoms with Gasteiger partial charge in [-0.25, -0.2) is 4.98 Å². The smallest absolute Gasteiger partial charge is 0.136 e. The molecule has 0 radical (unpaired) electrons. The molecule has 3 aliphatic carbocycles. The Balaban J connectivity index is 1.33. The maximum Gasteiger partial charge on any atom is 0.136 e. The third kappa shape index (κ3) is 2.98. The summed E-state index contributed by atoms with van der Waals surface area (Å²) in [5.74, 6) is 0.595. The van der Waals surface area contributed by atoms with Crippen LogP contribution >= 0.6 is 11.6 Å². The molecule has 1 saturated heterocycles. The van der Waals surface area contributed by atoms with E-state index in [9.17, 15) is 10.2 Å². The quantitative estimate of drug-likeness (QED) is 0.538. The molecule has 5 nitrogen and oxygen atoms in total. The number of fused-ring (bicyclic) bond motifs is 2. The summed E-state index contributed by atoms with van der Waals surface area (Å²) in [4.78, 5) is 6.27. The van der Waals surface area contributed by atoms with Gasteiger partial charge in [-0.1, -0.05) is 55.8 Å². The predicted molar refractivity (Wildman–Crippen MR) is 146 cm³/mol. The standard InChI is InChI=1S/C31H35ClN2O3/c1-17-13-20-15-23-26(35)27(36)24(34(3)4)16-30(23)10-11-31(20,37-30)25-8-7-22(29(17,25)2)19-5-6-21-18(14-19)9-12-33-28(21)32/h5-7,9,12-15,17,24-27,35-36H,8,10-11,16H2,1-4H3/t17?,24-,25?,26+,27+,29+,30+,31+/m0/s1. The Hall–Kier alpha value is -2.02. The number of aliphatic hydroxyl groups is 2. The summed E-state index contributed by atoms with van der Waals surface area (Å²) in [7, 11) is 3.95. The van der Waals surface area contributed by atoms with Gasteiger partial charge in [-0.05, 0) is 85.5 Å². The lowest BCUT2D eigenvalue weighted by Crippen LogP contribution is -2.62. The second-order valence-electron chi connectivity index (χ2n) is 12.4. The Morgan fingerprint density at radius 1 is 1.16 bits per heavy atom. The minimum absolute atomic E-state index is 0.0847. The fourth-order valence-corrected chi connectivity index (χ4v) is 8.79. The maximum absolute atomic E-state index is 11.2. The van der Waals surface area contributed by atoms with Crippen molar-refractivity contribution in [2.75, 3.05) is 14.1 Å². The molecule has 1 aromatic carbocycles. The van der Waals surface area contributed by atoms with Gasteiger partial charge in [0.2, 0.25) is 0 Å². The Bertz CT molecular complexity index is 1410. The molecule has 3 heterocycles. The second-order valence-corrected chi connectivity index (χ2v) is 12.8. The second kappa shape index (κ2) is 7.77. The van der Waals surface area contributed by atoms with Gasteiger partial charge in [0.05, 0.1) is 17.3 Å². The fourth-order valence-electron chi connectivity index (χ4n) is 8.56. The Morgan fingerprint density at radius 3 is 2.76 bits per heavy atom. The highest BCUT2D eigenvalue weighted by Crippen LogP contribution is 2.69. The van der Waals surface area contributed by atoms with Crippen LogP contribution in [0.1, 0.15) is 45.1 Å². The maximum atomic E-state index is 11.2. The first-order valence-corrected chi connectivity index (χ1v) is 13.9. The zero-order chi connectivity index (χ0) is 25.9. The van der Waals surface area contributed by atoms with Crippen LogP contribution in [0.15, 0.2) is 59.8 Å². The lowest BCUT2D eigenvalue weighted by molar-refractivity contribution is -0.165. The highest BCUT2D eigenvalue weighted by molar-refractivity contribution is 6.34. The summed E-state index contributed by atoms with van der Waals surface area (Å²) >= 11 is 6.36. The number of halogens is 1. The molecule has 2 aromatic rings. The third-order valence-electron chi connectivity index (χ3n) is 10.7. The van der Waals surface area contributed by atoms with E-state index in [-0.39, 0.29) is 23.0 Å². The van der Waals surface area contributed by atoms with Crippen LogP contribution in [0.5, 0.6) is 0 Å². The van der Waals surface area contributed by atoms with Gasteiger partial charge in [-0.2, -0.15) is 0 Å². The van der Waals surface area contributed by atoms with Crippen LogP contribution in [0.3, 0.4) is 0 Å². The van der Waals surface area contributed by atoms with Gasteiger partial charge >= 0.3 is 0 Å². The summed E-state index contributed by atoms with van der Waals surface area (Å²) in [5, 5.41) is 24.8. The van der Waals surface area contributed by atoms with Crippen molar-refractivity contribution < 1.29 is 14.9 Å². The molecular formula is C31H35ClN2O3. The number of hydrogen-bond donors (Lipinski definition) is 2. The summed E-state index contributed by atoms with van der Waals surface area (Å²) in [6, 6.07) is 8.43. The minimum Gasteiger partial charge on any atom is -0.388 e. The molecule has 8 atom stereocenters. The first kappa shape index (κ1) is 24.1. The number of nitrogens with zero attached hydrogens (tertiary/aromatic N) is 2. The van der Waals surface area contributed by atoms with E-state index in [0.717, 1.165) is 35.6 Å². The molecule has 37 heavy (non-hydrogen) atoms. The lowest BCUT2D eigenvalue weighted by Gasteiger charge is -2.57. The molecule has 0 amide bonds. The van der Waals surface area contributed by atoms with Crippen molar-refractivity contribution >= 4 is 27.9 Å².